The minimum atomic E-state index is -4.16. The van der Waals surface area contributed by atoms with Gasteiger partial charge >= 0.3 is 7.82 Å². The Kier molecular flexibility index (Phi) is 4.93. The molecule has 8 unspecified atom stereocenters. The molecule has 1 aromatic carbocycles. The van der Waals surface area contributed by atoms with Crippen molar-refractivity contribution in [3.63, 3.8) is 0 Å². The Morgan fingerprint density at radius 1 is 1.31 bits per heavy atom. The first-order chi connectivity index (χ1) is 15.1. The van der Waals surface area contributed by atoms with E-state index >= 15 is 0 Å². The first-order valence-corrected chi connectivity index (χ1v) is 13.4. The fourth-order valence-corrected chi connectivity index (χ4v) is 10.1. The highest BCUT2D eigenvalue weighted by Gasteiger charge is 2.91. The molecular formula is C19H22Cl2IN2O7P. The Morgan fingerprint density at radius 3 is 2.66 bits per heavy atom. The highest BCUT2D eigenvalue weighted by atomic mass is 127. The van der Waals surface area contributed by atoms with Crippen LogP contribution in [0.3, 0.4) is 0 Å². The van der Waals surface area contributed by atoms with E-state index in [9.17, 15) is 4.57 Å². The number of phosphoric acid groups is 1. The fraction of sp³-hybridized carbons (Fsp3) is 0.684. The maximum absolute atomic E-state index is 12.8. The summed E-state index contributed by atoms with van der Waals surface area (Å²) in [7, 11) is -1.06. The second-order valence-corrected chi connectivity index (χ2v) is 13.5. The van der Waals surface area contributed by atoms with E-state index in [1.54, 1.807) is 48.2 Å². The van der Waals surface area contributed by atoms with Gasteiger partial charge in [0.2, 0.25) is 0 Å². The summed E-state index contributed by atoms with van der Waals surface area (Å²) in [5.74, 6) is 4.92. The molecular weight excluding hydrogens is 597 g/mol. The topological polar surface area (TPSA) is 102 Å². The van der Waals surface area contributed by atoms with Gasteiger partial charge in [-0.05, 0) is 55.1 Å². The molecule has 6 aliphatic carbocycles. The zero-order valence-corrected chi connectivity index (χ0v) is 21.8. The van der Waals surface area contributed by atoms with E-state index in [1.807, 2.05) is 0 Å². The Labute approximate surface area is 209 Å². The summed E-state index contributed by atoms with van der Waals surface area (Å²) in [5.41, 5.74) is 0.342. The molecule has 6 saturated carbocycles. The monoisotopic (exact) mass is 618 g/mol. The van der Waals surface area contributed by atoms with Gasteiger partial charge in [-0.25, -0.2) is 15.3 Å². The molecule has 9 nitrogen and oxygen atoms in total. The molecule has 0 radical (unpaired) electrons. The Morgan fingerprint density at radius 2 is 2.09 bits per heavy atom. The molecule has 7 aliphatic rings. The van der Waals surface area contributed by atoms with E-state index in [0.29, 0.717) is 16.9 Å². The third-order valence-corrected chi connectivity index (χ3v) is 10.7. The van der Waals surface area contributed by atoms with Crippen molar-refractivity contribution in [1.29, 1.82) is 0 Å². The first kappa shape index (κ1) is 22.7. The average molecular weight is 619 g/mol. The summed E-state index contributed by atoms with van der Waals surface area (Å²) in [6.07, 6.45) is 4.07. The van der Waals surface area contributed by atoms with Crippen molar-refractivity contribution in [2.75, 3.05) is 14.2 Å². The van der Waals surface area contributed by atoms with Crippen LogP contribution >= 0.6 is 53.9 Å². The number of benzene rings is 1. The summed E-state index contributed by atoms with van der Waals surface area (Å²) in [6, 6.07) is 5.00. The van der Waals surface area contributed by atoms with E-state index in [4.69, 9.17) is 52.8 Å². The quantitative estimate of drug-likeness (QED) is 0.115. The predicted molar refractivity (Wildman–Crippen MR) is 121 cm³/mol. The van der Waals surface area contributed by atoms with Crippen LogP contribution in [0.5, 0.6) is 5.75 Å². The molecule has 2 N–H and O–H groups in total. The zero-order valence-electron chi connectivity index (χ0n) is 17.3. The number of hydrogen-bond donors (Lipinski definition) is 1. The van der Waals surface area contributed by atoms with Crippen LogP contribution in [0, 0.1) is 23.2 Å². The van der Waals surface area contributed by atoms with Crippen molar-refractivity contribution in [1.82, 2.24) is 3.28 Å². The molecule has 1 aromatic rings. The van der Waals surface area contributed by atoms with Crippen molar-refractivity contribution >= 4 is 53.9 Å². The Hall–Kier alpha value is 0.280. The van der Waals surface area contributed by atoms with Crippen LogP contribution in [0.4, 0.5) is 0 Å². The SMILES string of the molecule is COC1(c2ccc(Cl)c(OP(=O)(ON)ON(C)I)c2)OOC12C1CC3(Cl)CC4(C1)CC2C34. The predicted octanol–water partition coefficient (Wildman–Crippen LogP) is 4.86. The third-order valence-electron chi connectivity index (χ3n) is 8.25. The van der Waals surface area contributed by atoms with Gasteiger partial charge in [0.1, 0.15) is 0 Å². The molecule has 2 spiro atoms. The molecule has 13 heteroatoms. The zero-order chi connectivity index (χ0) is 22.7. The van der Waals surface area contributed by atoms with Gasteiger partial charge in [-0.2, -0.15) is 14.1 Å². The second kappa shape index (κ2) is 6.94. The lowest BCUT2D eigenvalue weighted by Gasteiger charge is -2.86. The minimum absolute atomic E-state index is 0.0565. The summed E-state index contributed by atoms with van der Waals surface area (Å²) < 4.78 is 35.0. The highest BCUT2D eigenvalue weighted by Crippen LogP contribution is 2.88. The fourth-order valence-electron chi connectivity index (χ4n) is 7.60. The number of nitrogens with zero attached hydrogens (tertiary/aromatic N) is 1. The number of nitrogens with two attached hydrogens (primary N) is 1. The van der Waals surface area contributed by atoms with Crippen molar-refractivity contribution in [3.8, 4) is 5.75 Å². The lowest BCUT2D eigenvalue weighted by atomic mass is 9.23. The van der Waals surface area contributed by atoms with E-state index < -0.39 is 19.2 Å². The third kappa shape index (κ3) is 2.58. The maximum Gasteiger partial charge on any atom is 0.564 e. The summed E-state index contributed by atoms with van der Waals surface area (Å²) in [6.45, 7) is 0. The number of rotatable bonds is 7. The van der Waals surface area contributed by atoms with E-state index in [1.165, 1.54) is 7.05 Å². The molecule has 1 aliphatic heterocycles. The van der Waals surface area contributed by atoms with Crippen molar-refractivity contribution in [2.45, 2.75) is 41.9 Å². The van der Waals surface area contributed by atoms with Gasteiger partial charge in [0, 0.05) is 53.4 Å². The van der Waals surface area contributed by atoms with Gasteiger partial charge in [0.25, 0.3) is 5.79 Å². The summed E-state index contributed by atoms with van der Waals surface area (Å²) >= 11 is 15.1. The van der Waals surface area contributed by atoms with Gasteiger partial charge in [-0.3, -0.25) is 0 Å². The maximum atomic E-state index is 12.8. The van der Waals surface area contributed by atoms with Gasteiger partial charge < -0.3 is 9.26 Å². The van der Waals surface area contributed by atoms with E-state index in [-0.39, 0.29) is 27.5 Å². The summed E-state index contributed by atoms with van der Waals surface area (Å²) in [5, 5.41) is 0.194. The minimum Gasteiger partial charge on any atom is -0.401 e. The van der Waals surface area contributed by atoms with Crippen molar-refractivity contribution in [3.05, 3.63) is 28.8 Å². The number of methoxy groups -OCH3 is 1. The van der Waals surface area contributed by atoms with Crippen molar-refractivity contribution in [2.24, 2.45) is 29.1 Å². The molecule has 1 saturated heterocycles. The lowest BCUT2D eigenvalue weighted by Crippen LogP contribution is -2.90. The lowest BCUT2D eigenvalue weighted by molar-refractivity contribution is -0.662. The molecule has 7 fully saturated rings. The second-order valence-electron chi connectivity index (χ2n) is 9.54. The molecule has 32 heavy (non-hydrogen) atoms. The Bertz CT molecular complexity index is 1030. The molecule has 5 bridgehead atoms. The number of hydroxylamine groups is 1. The Balaban J connectivity index is 1.37. The number of hydrogen-bond acceptors (Lipinski definition) is 9. The molecule has 8 rings (SSSR count). The molecule has 0 amide bonds. The van der Waals surface area contributed by atoms with Crippen LogP contribution in [0.1, 0.15) is 31.2 Å². The van der Waals surface area contributed by atoms with Crippen molar-refractivity contribution < 1.29 is 32.8 Å². The van der Waals surface area contributed by atoms with Gasteiger partial charge in [0.15, 0.2) is 11.4 Å². The number of ether oxygens (including phenoxy) is 1. The van der Waals surface area contributed by atoms with Crippen LogP contribution in [0.25, 0.3) is 0 Å². The highest BCUT2D eigenvalue weighted by molar-refractivity contribution is 14.1. The van der Waals surface area contributed by atoms with Gasteiger partial charge in [0.05, 0.1) is 5.02 Å². The van der Waals surface area contributed by atoms with Crippen LogP contribution in [0.15, 0.2) is 18.2 Å². The van der Waals surface area contributed by atoms with Crippen LogP contribution in [-0.2, 0) is 34.1 Å². The smallest absolute Gasteiger partial charge is 0.401 e. The van der Waals surface area contributed by atoms with Gasteiger partial charge in [-0.1, -0.05) is 17.7 Å². The first-order valence-electron chi connectivity index (χ1n) is 10.3. The largest absolute Gasteiger partial charge is 0.564 e. The van der Waals surface area contributed by atoms with Crippen LogP contribution < -0.4 is 10.4 Å². The van der Waals surface area contributed by atoms with Crippen LogP contribution in [0.2, 0.25) is 5.02 Å². The molecule has 8 atom stereocenters. The number of alkyl halides is 1. The normalized spacial score (nSPS) is 46.9. The molecule has 176 valence electrons. The molecule has 1 heterocycles. The molecule has 0 aromatic heterocycles. The van der Waals surface area contributed by atoms with Crippen LogP contribution in [-0.4, -0.2) is 27.9 Å². The number of halogens is 3. The van der Waals surface area contributed by atoms with E-state index in [0.717, 1.165) is 29.0 Å². The van der Waals surface area contributed by atoms with Gasteiger partial charge in [-0.15, -0.1) is 14.9 Å². The van der Waals surface area contributed by atoms with E-state index in [2.05, 4.69) is 4.62 Å². The average Bonchev–Trinajstić information content (AvgIpc) is 2.68. The standard InChI is InChI=1S/C19H22Cl2IN2O7P/c1-24(22)31-32(25,30-23)27-14-5-10(3-4-13(14)20)19(26-2)18(28-29-19)11-6-16-8-12(18)15(16)17(21,7-11)9-16/h3-5,11-12,15H,6-9,23H2,1-2H3. The summed E-state index contributed by atoms with van der Waals surface area (Å²) in [4.78, 5) is 11.6.